The van der Waals surface area contributed by atoms with Crippen LogP contribution in [0.2, 0.25) is 0 Å². The molecule has 38 heavy (non-hydrogen) atoms. The molecular formula is C29H27N3O4S2. The molecule has 1 aromatic heterocycles. The Morgan fingerprint density at radius 3 is 2.13 bits per heavy atom. The van der Waals surface area contributed by atoms with Gasteiger partial charge in [-0.05, 0) is 60.0 Å². The molecule has 0 radical (unpaired) electrons. The molecule has 0 bridgehead atoms. The molecular weight excluding hydrogens is 518 g/mol. The number of benzene rings is 4. The highest BCUT2D eigenvalue weighted by molar-refractivity contribution is 7.99. The van der Waals surface area contributed by atoms with E-state index in [1.165, 1.54) is 11.8 Å². The fourth-order valence-electron chi connectivity index (χ4n) is 4.18. The fraction of sp³-hybridized carbons (Fsp3) is 0.138. The number of thioether (sulfide) groups is 1. The number of aromatic amines is 1. The van der Waals surface area contributed by atoms with Gasteiger partial charge in [0, 0.05) is 28.8 Å². The Bertz CT molecular complexity index is 1580. The molecule has 0 atom stereocenters. The molecule has 4 aromatic carbocycles. The minimum Gasteiger partial charge on any atom is -0.497 e. The van der Waals surface area contributed by atoms with Crippen molar-refractivity contribution in [1.82, 2.24) is 14.7 Å². The molecule has 0 fully saturated rings. The van der Waals surface area contributed by atoms with Crippen molar-refractivity contribution in [3.05, 3.63) is 91.0 Å². The summed E-state index contributed by atoms with van der Waals surface area (Å²) in [6.07, 6.45) is 0. The molecule has 194 valence electrons. The molecule has 7 nitrogen and oxygen atoms in total. The third kappa shape index (κ3) is 5.55. The van der Waals surface area contributed by atoms with E-state index in [4.69, 9.17) is 14.5 Å². The van der Waals surface area contributed by atoms with Crippen molar-refractivity contribution in [1.29, 1.82) is 0 Å². The highest BCUT2D eigenvalue weighted by atomic mass is 32.2. The summed E-state index contributed by atoms with van der Waals surface area (Å²) in [5.41, 5.74) is 3.58. The number of rotatable bonds is 10. The summed E-state index contributed by atoms with van der Waals surface area (Å²) in [5, 5.41) is 2.29. The van der Waals surface area contributed by atoms with Crippen LogP contribution in [0, 0.1) is 0 Å². The lowest BCUT2D eigenvalue weighted by Crippen LogP contribution is -2.26. The van der Waals surface area contributed by atoms with Crippen LogP contribution in [-0.2, 0) is 10.0 Å². The average molecular weight is 546 g/mol. The molecule has 0 aliphatic rings. The highest BCUT2D eigenvalue weighted by Crippen LogP contribution is 2.34. The van der Waals surface area contributed by atoms with Crippen LogP contribution in [0.3, 0.4) is 0 Å². The van der Waals surface area contributed by atoms with Gasteiger partial charge in [-0.2, -0.15) is 0 Å². The first-order chi connectivity index (χ1) is 18.5. The first-order valence-corrected chi connectivity index (χ1v) is 14.4. The van der Waals surface area contributed by atoms with Crippen LogP contribution >= 0.6 is 11.8 Å². The van der Waals surface area contributed by atoms with E-state index in [9.17, 15) is 8.42 Å². The van der Waals surface area contributed by atoms with Crippen LogP contribution in [0.4, 0.5) is 0 Å². The third-order valence-electron chi connectivity index (χ3n) is 6.10. The van der Waals surface area contributed by atoms with E-state index in [1.54, 1.807) is 26.4 Å². The molecule has 0 saturated heterocycles. The number of hydrogen-bond donors (Lipinski definition) is 2. The summed E-state index contributed by atoms with van der Waals surface area (Å²) in [5.74, 6) is 2.04. The van der Waals surface area contributed by atoms with Crippen molar-refractivity contribution >= 4 is 32.6 Å². The normalized spacial score (nSPS) is 11.5. The van der Waals surface area contributed by atoms with Gasteiger partial charge in [0.05, 0.1) is 30.5 Å². The van der Waals surface area contributed by atoms with Gasteiger partial charge in [-0.1, -0.05) is 48.2 Å². The minimum atomic E-state index is -3.66. The second-order valence-electron chi connectivity index (χ2n) is 8.45. The molecule has 0 amide bonds. The maximum Gasteiger partial charge on any atom is 0.241 e. The number of ether oxygens (including phenoxy) is 2. The van der Waals surface area contributed by atoms with Gasteiger partial charge in [-0.15, -0.1) is 0 Å². The van der Waals surface area contributed by atoms with Crippen LogP contribution in [0.1, 0.15) is 0 Å². The summed E-state index contributed by atoms with van der Waals surface area (Å²) < 4.78 is 39.4. The number of aromatic nitrogens is 2. The number of methoxy groups -OCH3 is 2. The van der Waals surface area contributed by atoms with Crippen LogP contribution in [0.15, 0.2) is 101 Å². The van der Waals surface area contributed by atoms with Crippen molar-refractivity contribution in [3.8, 4) is 34.0 Å². The van der Waals surface area contributed by atoms with Crippen LogP contribution in [0.25, 0.3) is 33.3 Å². The largest absolute Gasteiger partial charge is 0.497 e. The Kier molecular flexibility index (Phi) is 7.69. The molecule has 1 heterocycles. The zero-order chi connectivity index (χ0) is 26.5. The lowest BCUT2D eigenvalue weighted by atomic mass is 10.0. The smallest absolute Gasteiger partial charge is 0.241 e. The first kappa shape index (κ1) is 25.8. The quantitative estimate of drug-likeness (QED) is 0.166. The van der Waals surface area contributed by atoms with Gasteiger partial charge >= 0.3 is 0 Å². The molecule has 0 unspecified atom stereocenters. The standard InChI is InChI=1S/C29H27N3O4S2/c1-35-23-14-10-21(11-15-23)27-28(22-12-16-24(36-2)17-13-22)32-29(31-27)37-19-18-30-38(33,34)26-9-5-7-20-6-3-4-8-25(20)26/h3-17,30H,18-19H2,1-2H3,(H,31,32). The van der Waals surface area contributed by atoms with E-state index < -0.39 is 10.0 Å². The zero-order valence-corrected chi connectivity index (χ0v) is 22.6. The lowest BCUT2D eigenvalue weighted by Gasteiger charge is -2.09. The van der Waals surface area contributed by atoms with Crippen molar-refractivity contribution in [2.24, 2.45) is 0 Å². The minimum absolute atomic E-state index is 0.257. The SMILES string of the molecule is COc1ccc(-c2nc(SCCNS(=O)(=O)c3cccc4ccccc34)[nH]c2-c2ccc(OC)cc2)cc1. The van der Waals surface area contributed by atoms with Gasteiger partial charge in [-0.3, -0.25) is 0 Å². The van der Waals surface area contributed by atoms with Crippen LogP contribution in [0.5, 0.6) is 11.5 Å². The molecule has 0 aliphatic carbocycles. The molecule has 9 heteroatoms. The van der Waals surface area contributed by atoms with Crippen LogP contribution < -0.4 is 14.2 Å². The lowest BCUT2D eigenvalue weighted by molar-refractivity contribution is 0.414. The van der Waals surface area contributed by atoms with Crippen molar-refractivity contribution < 1.29 is 17.9 Å². The topological polar surface area (TPSA) is 93.3 Å². The maximum atomic E-state index is 13.0. The second kappa shape index (κ2) is 11.3. The Balaban J connectivity index is 1.34. The molecule has 0 aliphatic heterocycles. The zero-order valence-electron chi connectivity index (χ0n) is 21.0. The van der Waals surface area contributed by atoms with E-state index in [-0.39, 0.29) is 11.4 Å². The number of fused-ring (bicyclic) bond motifs is 1. The average Bonchev–Trinajstić information content (AvgIpc) is 3.39. The Morgan fingerprint density at radius 2 is 1.45 bits per heavy atom. The van der Waals surface area contributed by atoms with Gasteiger partial charge in [0.2, 0.25) is 10.0 Å². The van der Waals surface area contributed by atoms with E-state index in [1.807, 2.05) is 78.9 Å². The Morgan fingerprint density at radius 1 is 0.816 bits per heavy atom. The van der Waals surface area contributed by atoms with E-state index in [0.717, 1.165) is 39.4 Å². The Labute approximate surface area is 226 Å². The molecule has 2 N–H and O–H groups in total. The van der Waals surface area contributed by atoms with Crippen molar-refractivity contribution in [2.75, 3.05) is 26.5 Å². The number of imidazole rings is 1. The summed E-state index contributed by atoms with van der Waals surface area (Å²) >= 11 is 1.46. The molecule has 5 rings (SSSR count). The van der Waals surface area contributed by atoms with Gasteiger partial charge in [-0.25, -0.2) is 18.1 Å². The highest BCUT2D eigenvalue weighted by Gasteiger charge is 2.18. The van der Waals surface area contributed by atoms with Gasteiger partial charge < -0.3 is 14.5 Å². The predicted molar refractivity (Wildman–Crippen MR) is 152 cm³/mol. The summed E-state index contributed by atoms with van der Waals surface area (Å²) in [6.45, 7) is 0.257. The fourth-order valence-corrected chi connectivity index (χ4v) is 6.29. The van der Waals surface area contributed by atoms with Gasteiger partial charge in [0.1, 0.15) is 11.5 Å². The number of nitrogens with zero attached hydrogens (tertiary/aromatic N) is 1. The van der Waals surface area contributed by atoms with Gasteiger partial charge in [0.15, 0.2) is 5.16 Å². The number of H-pyrrole nitrogens is 1. The summed E-state index contributed by atoms with van der Waals surface area (Å²) in [4.78, 5) is 8.54. The second-order valence-corrected chi connectivity index (χ2v) is 11.3. The number of sulfonamides is 1. The Hall–Kier alpha value is -3.79. The number of nitrogens with one attached hydrogen (secondary N) is 2. The molecule has 0 saturated carbocycles. The van der Waals surface area contributed by atoms with Crippen molar-refractivity contribution in [3.63, 3.8) is 0 Å². The monoisotopic (exact) mass is 545 g/mol. The van der Waals surface area contributed by atoms with Crippen LogP contribution in [-0.4, -0.2) is 44.9 Å². The first-order valence-electron chi connectivity index (χ1n) is 12.0. The summed E-state index contributed by atoms with van der Waals surface area (Å²) in [7, 11) is -0.391. The maximum absolute atomic E-state index is 13.0. The van der Waals surface area contributed by atoms with Crippen molar-refractivity contribution in [2.45, 2.75) is 10.1 Å². The van der Waals surface area contributed by atoms with E-state index in [0.29, 0.717) is 16.3 Å². The summed E-state index contributed by atoms with van der Waals surface area (Å²) in [6, 6.07) is 28.3. The predicted octanol–water partition coefficient (Wildman–Crippen LogP) is 5.98. The molecule has 0 spiro atoms. The molecule has 5 aromatic rings. The van der Waals surface area contributed by atoms with E-state index >= 15 is 0 Å². The number of hydrogen-bond acceptors (Lipinski definition) is 6. The van der Waals surface area contributed by atoms with E-state index in [2.05, 4.69) is 9.71 Å². The van der Waals surface area contributed by atoms with Gasteiger partial charge in [0.25, 0.3) is 0 Å². The third-order valence-corrected chi connectivity index (χ3v) is 8.49.